The number of fused-ring (bicyclic) bond motifs is 2. The summed E-state index contributed by atoms with van der Waals surface area (Å²) in [5.41, 5.74) is -0.618. The van der Waals surface area contributed by atoms with Gasteiger partial charge in [0.2, 0.25) is 0 Å². The third-order valence-corrected chi connectivity index (χ3v) is 3.91. The first-order valence-electron chi connectivity index (χ1n) is 6.39. The maximum Gasteiger partial charge on any atom is 0.172 e. The van der Waals surface area contributed by atoms with Gasteiger partial charge in [0.05, 0.1) is 17.8 Å². The minimum Gasteiger partial charge on any atom is -0.375 e. The number of benzene rings is 1. The Balaban J connectivity index is 1.88. The van der Waals surface area contributed by atoms with Gasteiger partial charge in [-0.1, -0.05) is 0 Å². The predicted molar refractivity (Wildman–Crippen MR) is 61.3 cm³/mol. The molecule has 3 rings (SSSR count). The van der Waals surface area contributed by atoms with Crippen molar-refractivity contribution >= 4 is 5.78 Å². The van der Waals surface area contributed by atoms with E-state index in [1.54, 1.807) is 0 Å². The fourth-order valence-electron chi connectivity index (χ4n) is 3.05. The van der Waals surface area contributed by atoms with Gasteiger partial charge in [0.15, 0.2) is 5.78 Å². The van der Waals surface area contributed by atoms with E-state index in [1.165, 1.54) is 0 Å². The Morgan fingerprint density at radius 2 is 1.58 bits per heavy atom. The molecule has 2 unspecified atom stereocenters. The molecule has 0 radical (unpaired) electrons. The molecular weight excluding hydrogens is 257 g/mol. The first-order chi connectivity index (χ1) is 9.04. The van der Waals surface area contributed by atoms with Crippen molar-refractivity contribution in [3.63, 3.8) is 0 Å². The third kappa shape index (κ3) is 2.27. The van der Waals surface area contributed by atoms with Crippen LogP contribution in [-0.4, -0.2) is 18.0 Å². The van der Waals surface area contributed by atoms with Gasteiger partial charge < -0.3 is 4.74 Å². The lowest BCUT2D eigenvalue weighted by Crippen LogP contribution is -2.31. The van der Waals surface area contributed by atoms with Crippen LogP contribution in [0.3, 0.4) is 0 Å². The van der Waals surface area contributed by atoms with Crippen LogP contribution >= 0.6 is 0 Å². The summed E-state index contributed by atoms with van der Waals surface area (Å²) in [7, 11) is 0. The molecule has 2 saturated heterocycles. The molecule has 2 heterocycles. The molecule has 102 valence electrons. The Bertz CT molecular complexity index is 494. The number of Topliss-reactive ketones (excluding diaryl/α,β-unsaturated/α-hetero) is 1. The lowest BCUT2D eigenvalue weighted by molar-refractivity contribution is -0.0150. The minimum absolute atomic E-state index is 0.0132. The average Bonchev–Trinajstić information content (AvgIpc) is 2.66. The Morgan fingerprint density at radius 1 is 1.05 bits per heavy atom. The van der Waals surface area contributed by atoms with Crippen LogP contribution in [0.4, 0.5) is 13.2 Å². The van der Waals surface area contributed by atoms with Gasteiger partial charge in [0.25, 0.3) is 0 Å². The van der Waals surface area contributed by atoms with Gasteiger partial charge in [0.1, 0.15) is 17.5 Å². The summed E-state index contributed by atoms with van der Waals surface area (Å²) in [5, 5.41) is 0. The molecule has 2 atom stereocenters. The molecule has 0 amide bonds. The number of hydrogen-bond donors (Lipinski definition) is 0. The summed E-state index contributed by atoms with van der Waals surface area (Å²) < 4.78 is 45.6. The van der Waals surface area contributed by atoms with Crippen molar-refractivity contribution in [2.24, 2.45) is 5.92 Å². The van der Waals surface area contributed by atoms with Gasteiger partial charge in [-0.2, -0.15) is 0 Å². The van der Waals surface area contributed by atoms with Crippen molar-refractivity contribution in [3.8, 4) is 0 Å². The van der Waals surface area contributed by atoms with Crippen LogP contribution in [0.15, 0.2) is 12.1 Å². The van der Waals surface area contributed by atoms with E-state index in [1.807, 2.05) is 0 Å². The molecule has 0 aliphatic carbocycles. The van der Waals surface area contributed by atoms with Gasteiger partial charge in [0, 0.05) is 18.1 Å². The smallest absolute Gasteiger partial charge is 0.172 e. The topological polar surface area (TPSA) is 26.3 Å². The number of ketones is 1. The highest BCUT2D eigenvalue weighted by Crippen LogP contribution is 2.37. The van der Waals surface area contributed by atoms with Crippen LogP contribution in [0.2, 0.25) is 0 Å². The molecule has 1 aromatic carbocycles. The number of carbonyl (C=O) groups excluding carboxylic acids is 1. The van der Waals surface area contributed by atoms with Crippen molar-refractivity contribution in [1.82, 2.24) is 0 Å². The molecule has 0 spiro atoms. The van der Waals surface area contributed by atoms with E-state index < -0.39 is 34.7 Å². The van der Waals surface area contributed by atoms with Crippen molar-refractivity contribution in [1.29, 1.82) is 0 Å². The minimum atomic E-state index is -1.12. The molecule has 0 aromatic heterocycles. The van der Waals surface area contributed by atoms with Gasteiger partial charge in [-0.15, -0.1) is 0 Å². The van der Waals surface area contributed by atoms with Crippen LogP contribution in [0.25, 0.3) is 0 Å². The first kappa shape index (κ1) is 12.7. The van der Waals surface area contributed by atoms with E-state index in [0.29, 0.717) is 25.0 Å². The maximum atomic E-state index is 13.6. The summed E-state index contributed by atoms with van der Waals surface area (Å²) in [6.45, 7) is 0. The molecule has 2 aliphatic heterocycles. The second-order valence-corrected chi connectivity index (χ2v) is 5.23. The largest absolute Gasteiger partial charge is 0.375 e. The van der Waals surface area contributed by atoms with E-state index >= 15 is 0 Å². The Labute approximate surface area is 108 Å². The van der Waals surface area contributed by atoms with E-state index in [2.05, 4.69) is 0 Å². The summed E-state index contributed by atoms with van der Waals surface area (Å²) in [6.07, 6.45) is 2.79. The lowest BCUT2D eigenvalue weighted by atomic mass is 9.87. The fraction of sp³-hybridized carbons (Fsp3) is 0.500. The van der Waals surface area contributed by atoms with Gasteiger partial charge in [-0.05, 0) is 25.7 Å². The maximum absolute atomic E-state index is 13.6. The van der Waals surface area contributed by atoms with Gasteiger partial charge in [-0.3, -0.25) is 4.79 Å². The summed E-state index contributed by atoms with van der Waals surface area (Å²) >= 11 is 0. The van der Waals surface area contributed by atoms with Crippen molar-refractivity contribution in [3.05, 3.63) is 35.1 Å². The molecule has 5 heteroatoms. The Kier molecular flexibility index (Phi) is 3.09. The zero-order valence-corrected chi connectivity index (χ0v) is 10.2. The summed E-state index contributed by atoms with van der Waals surface area (Å²) in [6, 6.07) is 1.09. The molecule has 0 saturated carbocycles. The summed E-state index contributed by atoms with van der Waals surface area (Å²) in [4.78, 5) is 12.2. The van der Waals surface area contributed by atoms with E-state index in [4.69, 9.17) is 4.74 Å². The number of hydrogen-bond acceptors (Lipinski definition) is 2. The zero-order chi connectivity index (χ0) is 13.6. The van der Waals surface area contributed by atoms with Crippen molar-refractivity contribution in [2.75, 3.05) is 0 Å². The SMILES string of the molecule is O=C(c1c(F)cc(F)cc1F)C1CC2CCC(C1)O2. The average molecular weight is 270 g/mol. The molecule has 1 aromatic rings. The zero-order valence-electron chi connectivity index (χ0n) is 10.2. The van der Waals surface area contributed by atoms with E-state index in [0.717, 1.165) is 12.8 Å². The van der Waals surface area contributed by atoms with Gasteiger partial charge in [-0.25, -0.2) is 13.2 Å². The monoisotopic (exact) mass is 270 g/mol. The van der Waals surface area contributed by atoms with Crippen LogP contribution in [0.5, 0.6) is 0 Å². The van der Waals surface area contributed by atoms with Crippen LogP contribution in [-0.2, 0) is 4.74 Å². The fourth-order valence-corrected chi connectivity index (χ4v) is 3.05. The third-order valence-electron chi connectivity index (χ3n) is 3.91. The number of halogens is 3. The number of rotatable bonds is 2. The first-order valence-corrected chi connectivity index (χ1v) is 6.39. The van der Waals surface area contributed by atoms with Gasteiger partial charge >= 0.3 is 0 Å². The predicted octanol–water partition coefficient (Wildman–Crippen LogP) is 3.24. The van der Waals surface area contributed by atoms with Crippen LogP contribution in [0, 0.1) is 23.4 Å². The normalized spacial score (nSPS) is 29.5. The molecule has 2 aliphatic rings. The second kappa shape index (κ2) is 4.63. The number of ether oxygens (including phenoxy) is 1. The van der Waals surface area contributed by atoms with Crippen LogP contribution < -0.4 is 0 Å². The molecule has 2 fully saturated rings. The molecule has 19 heavy (non-hydrogen) atoms. The lowest BCUT2D eigenvalue weighted by Gasteiger charge is -2.27. The van der Waals surface area contributed by atoms with Crippen LogP contribution in [0.1, 0.15) is 36.0 Å². The Hall–Kier alpha value is -1.36. The molecular formula is C14H13F3O2. The summed E-state index contributed by atoms with van der Waals surface area (Å²) in [5.74, 6) is -4.27. The highest BCUT2D eigenvalue weighted by Gasteiger charge is 2.39. The molecule has 0 N–H and O–H groups in total. The van der Waals surface area contributed by atoms with E-state index in [9.17, 15) is 18.0 Å². The molecule has 2 bridgehead atoms. The van der Waals surface area contributed by atoms with Crippen molar-refractivity contribution < 1.29 is 22.7 Å². The standard InChI is InChI=1S/C14H13F3O2/c15-8-5-11(16)13(12(17)6-8)14(18)7-3-9-1-2-10(4-7)19-9/h5-7,9-10H,1-4H2. The highest BCUT2D eigenvalue weighted by molar-refractivity contribution is 5.98. The van der Waals surface area contributed by atoms with E-state index in [-0.39, 0.29) is 12.2 Å². The highest BCUT2D eigenvalue weighted by atomic mass is 19.1. The second-order valence-electron chi connectivity index (χ2n) is 5.23. The molecule has 2 nitrogen and oxygen atoms in total. The number of carbonyl (C=O) groups is 1. The Morgan fingerprint density at radius 3 is 2.11 bits per heavy atom. The quantitative estimate of drug-likeness (QED) is 0.771. The van der Waals surface area contributed by atoms with Crippen molar-refractivity contribution in [2.45, 2.75) is 37.9 Å².